The van der Waals surface area contributed by atoms with Crippen molar-refractivity contribution in [3.05, 3.63) is 208 Å². The zero-order valence-electron chi connectivity index (χ0n) is 51.0. The largest absolute Gasteiger partial charge is 0.497 e. The molecule has 1 saturated heterocycles. The molecule has 3 heterocycles. The van der Waals surface area contributed by atoms with Gasteiger partial charge in [0.25, 0.3) is 14.1 Å². The number of anilines is 1. The summed E-state index contributed by atoms with van der Waals surface area (Å²) in [6.07, 6.45) is -2.93. The lowest BCUT2D eigenvalue weighted by atomic mass is 9.77. The number of rotatable bonds is 27. The number of esters is 1. The molecule has 1 aliphatic rings. The summed E-state index contributed by atoms with van der Waals surface area (Å²) < 4.78 is 67.9. The number of fused-ring (bicyclic) bond motifs is 1. The summed E-state index contributed by atoms with van der Waals surface area (Å²) in [5, 5.41) is 13.5. The van der Waals surface area contributed by atoms with Gasteiger partial charge < -0.3 is 52.3 Å². The van der Waals surface area contributed by atoms with Crippen molar-refractivity contribution in [1.29, 1.82) is 5.26 Å². The van der Waals surface area contributed by atoms with Gasteiger partial charge in [-0.15, -0.1) is 0 Å². The molecule has 87 heavy (non-hydrogen) atoms. The van der Waals surface area contributed by atoms with Gasteiger partial charge in [-0.2, -0.15) is 10.2 Å². The van der Waals surface area contributed by atoms with Crippen molar-refractivity contribution in [3.8, 4) is 29.1 Å². The molecule has 20 heteroatoms. The highest BCUT2D eigenvalue weighted by Crippen LogP contribution is 2.52. The van der Waals surface area contributed by atoms with Crippen LogP contribution in [0.2, 0.25) is 0 Å². The van der Waals surface area contributed by atoms with Gasteiger partial charge in [-0.3, -0.25) is 19.1 Å². The molecular formula is C67H76N7O12P. The Morgan fingerprint density at radius 1 is 0.701 bits per heavy atom. The maximum atomic E-state index is 14.7. The van der Waals surface area contributed by atoms with Crippen molar-refractivity contribution < 1.29 is 51.7 Å². The van der Waals surface area contributed by atoms with E-state index < -0.39 is 67.9 Å². The fourth-order valence-electron chi connectivity index (χ4n) is 10.9. The summed E-state index contributed by atoms with van der Waals surface area (Å²) in [7, 11) is 4.44. The van der Waals surface area contributed by atoms with Crippen LogP contribution in [-0.4, -0.2) is 109 Å². The van der Waals surface area contributed by atoms with Crippen LogP contribution in [0.5, 0.6) is 23.0 Å². The second-order valence-electron chi connectivity index (χ2n) is 22.4. The molecule has 6 aromatic carbocycles. The van der Waals surface area contributed by atoms with E-state index in [-0.39, 0.29) is 48.8 Å². The summed E-state index contributed by atoms with van der Waals surface area (Å²) in [4.78, 5) is 41.2. The highest BCUT2D eigenvalue weighted by atomic mass is 31.2. The molecule has 1 unspecified atom stereocenters. The van der Waals surface area contributed by atoms with E-state index >= 15 is 0 Å². The van der Waals surface area contributed by atoms with Crippen LogP contribution in [0, 0.1) is 16.7 Å². The van der Waals surface area contributed by atoms with Gasteiger partial charge in [0.1, 0.15) is 52.4 Å². The quantitative estimate of drug-likeness (QED) is 0.0161. The number of hydrogen-bond acceptors (Lipinski definition) is 17. The average molecular weight is 1200 g/mol. The zero-order chi connectivity index (χ0) is 61.9. The zero-order valence-corrected chi connectivity index (χ0v) is 51.9. The van der Waals surface area contributed by atoms with E-state index in [1.807, 2.05) is 185 Å². The predicted octanol–water partition coefficient (Wildman–Crippen LogP) is 12.1. The van der Waals surface area contributed by atoms with Crippen molar-refractivity contribution in [2.45, 2.75) is 103 Å². The third-order valence-electron chi connectivity index (χ3n) is 15.1. The Morgan fingerprint density at radius 2 is 1.17 bits per heavy atom. The minimum Gasteiger partial charge on any atom is -0.497 e. The number of benzene rings is 6. The van der Waals surface area contributed by atoms with E-state index in [9.17, 15) is 14.9 Å². The molecule has 9 rings (SSSR count). The third kappa shape index (κ3) is 13.7. The summed E-state index contributed by atoms with van der Waals surface area (Å²) in [6, 6.07) is 52.4. The maximum absolute atomic E-state index is 14.7. The number of nitrogens with zero attached hydrogens (tertiary/aromatic N) is 5. The first-order chi connectivity index (χ1) is 42.0. The van der Waals surface area contributed by atoms with E-state index in [4.69, 9.17) is 51.9 Å². The predicted molar refractivity (Wildman–Crippen MR) is 332 cm³/mol. The molecule has 2 aromatic heterocycles. The Kier molecular flexibility index (Phi) is 20.5. The Hall–Kier alpha value is -8.18. The summed E-state index contributed by atoms with van der Waals surface area (Å²) in [5.74, 6) is 2.16. The average Bonchev–Trinajstić information content (AvgIpc) is 2.52. The van der Waals surface area contributed by atoms with E-state index in [0.29, 0.717) is 23.0 Å². The molecule has 8 aromatic rings. The first-order valence-electron chi connectivity index (χ1n) is 28.8. The van der Waals surface area contributed by atoms with Gasteiger partial charge in [0, 0.05) is 12.1 Å². The van der Waals surface area contributed by atoms with Crippen molar-refractivity contribution in [2.24, 2.45) is 5.41 Å². The van der Waals surface area contributed by atoms with Crippen LogP contribution in [0.1, 0.15) is 94.5 Å². The van der Waals surface area contributed by atoms with E-state index in [0.717, 1.165) is 33.4 Å². The first kappa shape index (κ1) is 63.3. The molecule has 0 radical (unpaired) electrons. The number of methoxy groups -OCH3 is 4. The van der Waals surface area contributed by atoms with Crippen molar-refractivity contribution in [1.82, 2.24) is 24.2 Å². The smallest absolute Gasteiger partial charge is 0.313 e. The van der Waals surface area contributed by atoms with Crippen molar-refractivity contribution in [2.75, 3.05) is 53.8 Å². The number of hydrogen-bond donors (Lipinski definition) is 2. The van der Waals surface area contributed by atoms with Crippen LogP contribution < -0.4 is 29.8 Å². The minimum absolute atomic E-state index is 0.00609. The lowest BCUT2D eigenvalue weighted by molar-refractivity contribution is -0.178. The number of carbonyl (C=O) groups is 1. The third-order valence-corrected chi connectivity index (χ3v) is 17.3. The van der Waals surface area contributed by atoms with Crippen LogP contribution >= 0.6 is 8.53 Å². The summed E-state index contributed by atoms with van der Waals surface area (Å²) in [6.45, 7) is 12.8. The molecule has 19 nitrogen and oxygen atoms in total. The molecule has 0 aliphatic carbocycles. The number of H-pyrrole nitrogens is 1. The van der Waals surface area contributed by atoms with Crippen LogP contribution in [0.4, 0.5) is 5.95 Å². The maximum Gasteiger partial charge on any atom is 0.313 e. The van der Waals surface area contributed by atoms with Gasteiger partial charge in [-0.1, -0.05) is 109 Å². The van der Waals surface area contributed by atoms with Gasteiger partial charge in [0.2, 0.25) is 5.95 Å². The molecule has 1 fully saturated rings. The summed E-state index contributed by atoms with van der Waals surface area (Å²) in [5.41, 5.74) is 0.863. The molecule has 0 spiro atoms. The second-order valence-corrected chi connectivity index (χ2v) is 23.8. The van der Waals surface area contributed by atoms with Crippen molar-refractivity contribution in [3.63, 3.8) is 0 Å². The number of carbonyl (C=O) groups excluding carboxylic acids is 1. The topological polar surface area (TPSA) is 212 Å². The molecule has 1 aliphatic heterocycles. The number of aromatic nitrogens is 4. The Morgan fingerprint density at radius 3 is 1.64 bits per heavy atom. The fraction of sp³-hybridized carbons (Fsp3) is 0.358. The van der Waals surface area contributed by atoms with Gasteiger partial charge in [0.05, 0.1) is 65.9 Å². The van der Waals surface area contributed by atoms with Gasteiger partial charge in [-0.25, -0.2) is 9.65 Å². The van der Waals surface area contributed by atoms with Crippen LogP contribution in [0.15, 0.2) is 169 Å². The second kappa shape index (κ2) is 28.1. The van der Waals surface area contributed by atoms with E-state index in [1.165, 1.54) is 6.33 Å². The normalized spacial score (nSPS) is 16.7. The summed E-state index contributed by atoms with van der Waals surface area (Å²) >= 11 is 0. The monoisotopic (exact) mass is 1200 g/mol. The van der Waals surface area contributed by atoms with Gasteiger partial charge in [-0.05, 0) is 130 Å². The van der Waals surface area contributed by atoms with E-state index in [2.05, 4.69) is 26.0 Å². The highest BCUT2D eigenvalue weighted by molar-refractivity contribution is 7.44. The fourth-order valence-corrected chi connectivity index (χ4v) is 12.6. The lowest BCUT2D eigenvalue weighted by Crippen LogP contribution is -2.43. The molecule has 0 saturated carbocycles. The number of nitriles is 1. The van der Waals surface area contributed by atoms with E-state index in [1.54, 1.807) is 53.8 Å². The molecule has 456 valence electrons. The highest BCUT2D eigenvalue weighted by Gasteiger charge is 2.52. The minimum atomic E-state index is -2.01. The molecule has 2 N–H and O–H groups in total. The number of aromatic amines is 1. The van der Waals surface area contributed by atoms with Crippen LogP contribution in [-0.2, 0) is 43.9 Å². The SMILES string of the molecule is COc1ccc(C(Nc2nc3c(ncn3[C@@H]3O[C@H](COC(c4ccccc4)(c4ccc(OC)cc4)c4ccc(OC)cc4)[C@@H](OP(OCCC#N)N(C(C)C)C(C)C)[C@H]3OCOC(=O)C(C)(C)C)c(=O)[nH]2)(c2ccccc2)c2ccc(OC)cc2)cc1. The molecule has 5 atom stereocenters. The molecular weight excluding hydrogens is 1130 g/mol. The van der Waals surface area contributed by atoms with Crippen LogP contribution in [0.3, 0.4) is 0 Å². The van der Waals surface area contributed by atoms with Crippen molar-refractivity contribution >= 4 is 31.6 Å². The van der Waals surface area contributed by atoms with Gasteiger partial charge >= 0.3 is 5.97 Å². The Balaban J connectivity index is 1.24. The first-order valence-corrected chi connectivity index (χ1v) is 29.9. The van der Waals surface area contributed by atoms with Crippen LogP contribution in [0.25, 0.3) is 11.2 Å². The standard InChI is InChI=1S/C67H76N7O12P/c1-44(2)74(45(3)4)87(84-40-18-39-68)86-58-56(41-83-67(49-21-16-13-17-22-49,50-27-35-54(79-10)36-28-50)51-29-37-55(80-11)38-30-51)85-62(59(58)81-43-82-63(76)65(5,6)7)73-42-69-57-60(73)70-64(71-61(57)75)72-66(46-19-14-12-15-20-46,47-23-31-52(77-8)32-24-47)48-25-33-53(78-9)34-26-48/h12-17,19-38,42,44-45,56,58-59,62H,18,40-41,43H2,1-11H3,(H2,70,71,72,75)/t56-,58-,59-,62-,87?/m1/s1. The molecule has 0 amide bonds. The number of imidazole rings is 1. The number of nitrogens with one attached hydrogen (secondary N) is 2. The molecule has 0 bridgehead atoms. The van der Waals surface area contributed by atoms with Gasteiger partial charge in [0.15, 0.2) is 24.2 Å². The number of ether oxygens (including phenoxy) is 8. The Labute approximate surface area is 509 Å². The lowest BCUT2D eigenvalue weighted by Gasteiger charge is -2.39. The Bertz CT molecular complexity index is 3510.